The quantitative estimate of drug-likeness (QED) is 0.497. The molecule has 2 aromatic heterocycles. The molecule has 0 radical (unpaired) electrons. The Morgan fingerprint density at radius 2 is 1.96 bits per heavy atom. The maximum atomic E-state index is 13.3. The molecule has 1 aliphatic heterocycles. The number of benzene rings is 2. The number of fused-ring (bicyclic) bond motifs is 3. The second kappa shape index (κ2) is 7.07. The summed E-state index contributed by atoms with van der Waals surface area (Å²) in [6, 6.07) is 15.5. The van der Waals surface area contributed by atoms with E-state index in [1.54, 1.807) is 16.3 Å². The topological polar surface area (TPSA) is 61.4 Å². The first kappa shape index (κ1) is 17.5. The predicted octanol–water partition coefficient (Wildman–Crippen LogP) is 3.61. The molecular weight excluding hydrogens is 372 g/mol. The van der Waals surface area contributed by atoms with Crippen molar-refractivity contribution in [3.8, 4) is 5.69 Å². The molecule has 7 heteroatoms. The molecule has 0 N–H and O–H groups in total. The molecule has 3 heterocycles. The van der Waals surface area contributed by atoms with Crippen molar-refractivity contribution in [2.24, 2.45) is 0 Å². The van der Waals surface area contributed by atoms with Gasteiger partial charge in [-0.25, -0.2) is 4.57 Å². The highest BCUT2D eigenvalue weighted by Crippen LogP contribution is 2.26. The van der Waals surface area contributed by atoms with E-state index in [4.69, 9.17) is 4.74 Å². The number of ether oxygens (including phenoxy) is 1. The lowest BCUT2D eigenvalue weighted by atomic mass is 10.2. The Balaban J connectivity index is 1.75. The van der Waals surface area contributed by atoms with Crippen LogP contribution >= 0.6 is 11.8 Å². The molecule has 0 aliphatic carbocycles. The number of nitrogens with zero attached hydrogens (tertiary/aromatic N) is 4. The van der Waals surface area contributed by atoms with Gasteiger partial charge in [0.15, 0.2) is 5.16 Å². The summed E-state index contributed by atoms with van der Waals surface area (Å²) in [6.45, 7) is 2.83. The van der Waals surface area contributed by atoms with Gasteiger partial charge in [-0.1, -0.05) is 42.1 Å². The van der Waals surface area contributed by atoms with Crippen molar-refractivity contribution in [1.29, 1.82) is 0 Å². The molecule has 0 amide bonds. The van der Waals surface area contributed by atoms with Crippen molar-refractivity contribution in [3.63, 3.8) is 0 Å². The van der Waals surface area contributed by atoms with Crippen LogP contribution in [-0.2, 0) is 4.74 Å². The summed E-state index contributed by atoms with van der Waals surface area (Å²) in [4.78, 5) is 13.3. The highest BCUT2D eigenvalue weighted by Gasteiger charge is 2.21. The smallest absolute Gasteiger partial charge is 0.267 e. The van der Waals surface area contributed by atoms with Crippen molar-refractivity contribution in [2.75, 3.05) is 12.4 Å². The second-order valence-corrected chi connectivity index (χ2v) is 8.00. The van der Waals surface area contributed by atoms with E-state index in [0.717, 1.165) is 47.1 Å². The Bertz CT molecular complexity index is 1220. The molecule has 0 spiro atoms. The summed E-state index contributed by atoms with van der Waals surface area (Å²) in [5.41, 5.74) is 2.58. The van der Waals surface area contributed by atoms with Gasteiger partial charge in [0.25, 0.3) is 5.56 Å². The Kier molecular flexibility index (Phi) is 4.41. The molecular formula is C21H20N4O2S. The summed E-state index contributed by atoms with van der Waals surface area (Å²) in [5.74, 6) is 1.37. The minimum Gasteiger partial charge on any atom is -0.377 e. The van der Waals surface area contributed by atoms with Crippen LogP contribution in [0.25, 0.3) is 22.4 Å². The van der Waals surface area contributed by atoms with Gasteiger partial charge in [-0.2, -0.15) is 0 Å². The van der Waals surface area contributed by atoms with Crippen molar-refractivity contribution in [3.05, 3.63) is 64.4 Å². The fourth-order valence-electron chi connectivity index (χ4n) is 3.75. The van der Waals surface area contributed by atoms with E-state index in [-0.39, 0.29) is 11.7 Å². The molecule has 6 nitrogen and oxygen atoms in total. The Labute approximate surface area is 166 Å². The average molecular weight is 392 g/mol. The van der Waals surface area contributed by atoms with E-state index in [9.17, 15) is 4.79 Å². The predicted molar refractivity (Wildman–Crippen MR) is 111 cm³/mol. The third kappa shape index (κ3) is 2.82. The van der Waals surface area contributed by atoms with Crippen LogP contribution in [0.4, 0.5) is 0 Å². The largest absolute Gasteiger partial charge is 0.377 e. The maximum absolute atomic E-state index is 13.3. The van der Waals surface area contributed by atoms with Crippen molar-refractivity contribution >= 4 is 28.4 Å². The third-order valence-corrected chi connectivity index (χ3v) is 6.23. The van der Waals surface area contributed by atoms with Gasteiger partial charge in [0.1, 0.15) is 0 Å². The van der Waals surface area contributed by atoms with Crippen molar-refractivity contribution in [2.45, 2.75) is 31.0 Å². The lowest BCUT2D eigenvalue weighted by Crippen LogP contribution is -2.22. The van der Waals surface area contributed by atoms with Crippen LogP contribution in [0.2, 0.25) is 0 Å². The number of hydrogen-bond donors (Lipinski definition) is 0. The number of aromatic nitrogens is 4. The number of hydrogen-bond acceptors (Lipinski definition) is 5. The van der Waals surface area contributed by atoms with Crippen LogP contribution in [0.1, 0.15) is 18.4 Å². The van der Waals surface area contributed by atoms with Gasteiger partial charge in [-0.15, -0.1) is 10.2 Å². The summed E-state index contributed by atoms with van der Waals surface area (Å²) < 4.78 is 9.40. The molecule has 0 saturated carbocycles. The first-order chi connectivity index (χ1) is 13.7. The Morgan fingerprint density at radius 1 is 1.14 bits per heavy atom. The molecule has 28 heavy (non-hydrogen) atoms. The Morgan fingerprint density at radius 3 is 2.79 bits per heavy atom. The van der Waals surface area contributed by atoms with Crippen LogP contribution in [0.15, 0.2) is 58.5 Å². The zero-order chi connectivity index (χ0) is 19.1. The van der Waals surface area contributed by atoms with Gasteiger partial charge >= 0.3 is 0 Å². The van der Waals surface area contributed by atoms with E-state index < -0.39 is 0 Å². The standard InChI is InChI=1S/C21H20N4O2S/c1-14-7-2-4-10-17(14)24-19(26)16-9-3-5-11-18(16)25-20(24)22-23-21(25)28-13-15-8-6-12-27-15/h2-5,7,9-11,15H,6,8,12-13H2,1H3/t15-/m1/s1. The monoisotopic (exact) mass is 392 g/mol. The van der Waals surface area contributed by atoms with Gasteiger partial charge in [0, 0.05) is 12.4 Å². The summed E-state index contributed by atoms with van der Waals surface area (Å²) in [6.07, 6.45) is 2.45. The minimum absolute atomic E-state index is 0.0829. The molecule has 5 rings (SSSR count). The Hall–Kier alpha value is -2.64. The summed E-state index contributed by atoms with van der Waals surface area (Å²) in [5, 5.41) is 10.3. The van der Waals surface area contributed by atoms with E-state index >= 15 is 0 Å². The average Bonchev–Trinajstić information content (AvgIpc) is 3.38. The first-order valence-corrected chi connectivity index (χ1v) is 10.4. The summed E-state index contributed by atoms with van der Waals surface area (Å²) in [7, 11) is 0. The second-order valence-electron chi connectivity index (χ2n) is 7.01. The number of aryl methyl sites for hydroxylation is 1. The van der Waals surface area contributed by atoms with Gasteiger partial charge in [0.2, 0.25) is 5.78 Å². The van der Waals surface area contributed by atoms with Gasteiger partial charge < -0.3 is 4.74 Å². The highest BCUT2D eigenvalue weighted by molar-refractivity contribution is 7.99. The van der Waals surface area contributed by atoms with Gasteiger partial charge in [-0.3, -0.25) is 9.20 Å². The van der Waals surface area contributed by atoms with Crippen LogP contribution in [0, 0.1) is 6.92 Å². The molecule has 2 aromatic carbocycles. The van der Waals surface area contributed by atoms with Crippen LogP contribution in [0.3, 0.4) is 0 Å². The van der Waals surface area contributed by atoms with Crippen LogP contribution in [0.5, 0.6) is 0 Å². The van der Waals surface area contributed by atoms with Crippen molar-refractivity contribution < 1.29 is 4.74 Å². The summed E-state index contributed by atoms with van der Waals surface area (Å²) >= 11 is 1.63. The van der Waals surface area contributed by atoms with Gasteiger partial charge in [-0.05, 0) is 43.5 Å². The fourth-order valence-corrected chi connectivity index (χ4v) is 4.75. The third-order valence-electron chi connectivity index (χ3n) is 5.17. The zero-order valence-electron chi connectivity index (χ0n) is 15.5. The normalized spacial score (nSPS) is 17.0. The lowest BCUT2D eigenvalue weighted by Gasteiger charge is -2.13. The van der Waals surface area contributed by atoms with Gasteiger partial charge in [0.05, 0.1) is 22.7 Å². The SMILES string of the molecule is Cc1ccccc1-n1c(=O)c2ccccc2n2c(SC[C@H]3CCCO3)nnc12. The van der Waals surface area contributed by atoms with Crippen molar-refractivity contribution in [1.82, 2.24) is 19.2 Å². The maximum Gasteiger partial charge on any atom is 0.267 e. The number of rotatable bonds is 4. The van der Waals surface area contributed by atoms with E-state index in [1.807, 2.05) is 59.9 Å². The van der Waals surface area contributed by atoms with E-state index in [1.165, 1.54) is 0 Å². The number of para-hydroxylation sites is 2. The molecule has 0 unspecified atom stereocenters. The molecule has 0 bridgehead atoms. The van der Waals surface area contributed by atoms with E-state index in [2.05, 4.69) is 10.2 Å². The zero-order valence-corrected chi connectivity index (χ0v) is 16.4. The fraction of sp³-hybridized carbons (Fsp3) is 0.286. The molecule has 1 saturated heterocycles. The highest BCUT2D eigenvalue weighted by atomic mass is 32.2. The molecule has 1 atom stereocenters. The lowest BCUT2D eigenvalue weighted by molar-refractivity contribution is 0.129. The van der Waals surface area contributed by atoms with E-state index in [0.29, 0.717) is 11.2 Å². The number of thioether (sulfide) groups is 1. The first-order valence-electron chi connectivity index (χ1n) is 9.43. The molecule has 142 valence electrons. The minimum atomic E-state index is -0.0829. The van der Waals surface area contributed by atoms with Crippen LogP contribution < -0.4 is 5.56 Å². The molecule has 1 fully saturated rings. The molecule has 4 aromatic rings. The molecule has 1 aliphatic rings. The van der Waals surface area contributed by atoms with Crippen LogP contribution in [-0.4, -0.2) is 37.6 Å².